The summed E-state index contributed by atoms with van der Waals surface area (Å²) in [6.45, 7) is 10.2. The summed E-state index contributed by atoms with van der Waals surface area (Å²) in [7, 11) is 0. The van der Waals surface area contributed by atoms with E-state index in [1.54, 1.807) is 24.3 Å². The molecule has 0 radical (unpaired) electrons. The predicted molar refractivity (Wildman–Crippen MR) is 207 cm³/mol. The number of ether oxygens (including phenoxy) is 12. The Balaban J connectivity index is 1.15. The molecule has 1 aliphatic rings. The molecular formula is C40H63NO18. The molecule has 59 heavy (non-hydrogen) atoms. The summed E-state index contributed by atoms with van der Waals surface area (Å²) in [6.07, 6.45) is 1.79. The van der Waals surface area contributed by atoms with Gasteiger partial charge >= 0.3 is 5.97 Å². The lowest BCUT2D eigenvalue weighted by atomic mass is 10.1. The number of imide groups is 1. The highest BCUT2D eigenvalue weighted by Gasteiger charge is 2.32. The average molecular weight is 846 g/mol. The number of aldehydes is 1. The van der Waals surface area contributed by atoms with Crippen LogP contribution >= 0.6 is 0 Å². The molecular weight excluding hydrogens is 782 g/mol. The summed E-state index contributed by atoms with van der Waals surface area (Å²) in [6, 6.07) is 6.60. The standard InChI is InChI=1S/C40H63NO18/c42-34-35-3-5-36(6-4-35)37(43)2-1-10-47-12-14-49-16-18-51-20-22-53-24-26-55-28-30-57-32-33-58-31-29-56-27-25-54-23-21-52-19-17-50-15-13-48-11-9-40(46)59-41-38(44)7-8-39(41)45/h3-6,34H,1-2,7-33H2. The van der Waals surface area contributed by atoms with Crippen LogP contribution in [0.3, 0.4) is 0 Å². The quantitative estimate of drug-likeness (QED) is 0.0396. The topological polar surface area (TPSA) is 209 Å². The van der Waals surface area contributed by atoms with Crippen molar-refractivity contribution < 1.29 is 85.7 Å². The number of hydrogen-bond acceptors (Lipinski definition) is 18. The molecule has 0 aromatic heterocycles. The van der Waals surface area contributed by atoms with Crippen LogP contribution in [0.15, 0.2) is 24.3 Å². The van der Waals surface area contributed by atoms with Gasteiger partial charge in [0, 0.05) is 37.0 Å². The number of benzene rings is 1. The fraction of sp³-hybridized carbons (Fsp3) is 0.725. The fourth-order valence-electron chi connectivity index (χ4n) is 4.71. The Morgan fingerprint density at radius 3 is 1.07 bits per heavy atom. The normalized spacial score (nSPS) is 12.8. The van der Waals surface area contributed by atoms with E-state index in [-0.39, 0.29) is 38.3 Å². The van der Waals surface area contributed by atoms with Gasteiger partial charge in [-0.25, -0.2) is 4.79 Å². The van der Waals surface area contributed by atoms with Crippen LogP contribution < -0.4 is 0 Å². The maximum absolute atomic E-state index is 12.1. The molecule has 0 N–H and O–H groups in total. The summed E-state index contributed by atoms with van der Waals surface area (Å²) in [5.74, 6) is -1.71. The number of nitrogens with zero attached hydrogens (tertiary/aromatic N) is 1. The minimum atomic E-state index is -0.704. The van der Waals surface area contributed by atoms with Gasteiger partial charge in [0.2, 0.25) is 0 Å². The zero-order valence-corrected chi connectivity index (χ0v) is 34.2. The Bertz CT molecular complexity index is 1220. The maximum Gasteiger partial charge on any atom is 0.335 e. The summed E-state index contributed by atoms with van der Waals surface area (Å²) in [5.41, 5.74) is 1.15. The van der Waals surface area contributed by atoms with Gasteiger partial charge in [0.25, 0.3) is 11.8 Å². The summed E-state index contributed by atoms with van der Waals surface area (Å²) in [5, 5.41) is 0.515. The molecule has 0 unspecified atom stereocenters. The van der Waals surface area contributed by atoms with Crippen LogP contribution in [-0.2, 0) is 76.1 Å². The first-order valence-electron chi connectivity index (χ1n) is 20.1. The second-order valence-electron chi connectivity index (χ2n) is 12.4. The van der Waals surface area contributed by atoms with Gasteiger partial charge in [0.1, 0.15) is 6.29 Å². The molecule has 336 valence electrons. The molecule has 0 bridgehead atoms. The molecule has 19 nitrogen and oxygen atoms in total. The predicted octanol–water partition coefficient (Wildman–Crippen LogP) is 1.66. The lowest BCUT2D eigenvalue weighted by Crippen LogP contribution is -2.32. The second kappa shape index (κ2) is 37.7. The van der Waals surface area contributed by atoms with Crippen molar-refractivity contribution in [3.63, 3.8) is 0 Å². The number of Topliss-reactive ketones (excluding diaryl/α,β-unsaturated/α-hetero) is 1. The number of carbonyl (C=O) groups excluding carboxylic acids is 5. The Labute approximate surface area is 346 Å². The van der Waals surface area contributed by atoms with Gasteiger partial charge in [-0.1, -0.05) is 24.3 Å². The molecule has 0 aliphatic carbocycles. The zero-order valence-electron chi connectivity index (χ0n) is 34.2. The van der Waals surface area contributed by atoms with E-state index in [0.717, 1.165) is 6.29 Å². The van der Waals surface area contributed by atoms with Crippen molar-refractivity contribution in [2.45, 2.75) is 32.1 Å². The first kappa shape index (κ1) is 51.8. The van der Waals surface area contributed by atoms with Crippen molar-refractivity contribution >= 4 is 29.9 Å². The Kier molecular flexibility index (Phi) is 33.1. The molecule has 0 saturated carbocycles. The van der Waals surface area contributed by atoms with E-state index in [9.17, 15) is 24.0 Å². The number of hydroxylamine groups is 2. The highest BCUT2D eigenvalue weighted by Crippen LogP contribution is 2.12. The number of rotatable bonds is 43. The van der Waals surface area contributed by atoms with Gasteiger partial charge in [-0.2, -0.15) is 0 Å². The number of amides is 2. The smallest absolute Gasteiger partial charge is 0.335 e. The van der Waals surface area contributed by atoms with Crippen LogP contribution in [0.1, 0.15) is 52.8 Å². The summed E-state index contributed by atoms with van der Waals surface area (Å²) >= 11 is 0. The molecule has 2 rings (SSSR count). The minimum absolute atomic E-state index is 0.0295. The van der Waals surface area contributed by atoms with Gasteiger partial charge in [-0.05, 0) is 6.42 Å². The number of ketones is 1. The fourth-order valence-corrected chi connectivity index (χ4v) is 4.71. The van der Waals surface area contributed by atoms with E-state index >= 15 is 0 Å². The third-order valence-corrected chi connectivity index (χ3v) is 7.80. The summed E-state index contributed by atoms with van der Waals surface area (Å²) in [4.78, 5) is 62.1. The van der Waals surface area contributed by atoms with E-state index in [0.29, 0.717) is 174 Å². The molecule has 1 aliphatic heterocycles. The first-order valence-corrected chi connectivity index (χ1v) is 20.1. The van der Waals surface area contributed by atoms with Crippen LogP contribution in [0, 0.1) is 0 Å². The van der Waals surface area contributed by atoms with Crippen molar-refractivity contribution in [2.75, 3.05) is 159 Å². The first-order chi connectivity index (χ1) is 29.0. The van der Waals surface area contributed by atoms with Crippen molar-refractivity contribution in [1.82, 2.24) is 5.06 Å². The molecule has 0 atom stereocenters. The molecule has 19 heteroatoms. The lowest BCUT2D eigenvalue weighted by molar-refractivity contribution is -0.198. The Morgan fingerprint density at radius 1 is 0.441 bits per heavy atom. The van der Waals surface area contributed by atoms with Gasteiger partial charge in [-0.15, -0.1) is 5.06 Å². The van der Waals surface area contributed by atoms with Crippen molar-refractivity contribution in [3.05, 3.63) is 35.4 Å². The largest absolute Gasteiger partial charge is 0.379 e. The van der Waals surface area contributed by atoms with E-state index in [4.69, 9.17) is 61.7 Å². The number of carbonyl (C=O) groups is 5. The Morgan fingerprint density at radius 2 is 0.746 bits per heavy atom. The van der Waals surface area contributed by atoms with Crippen molar-refractivity contribution in [3.8, 4) is 0 Å². The van der Waals surface area contributed by atoms with Gasteiger partial charge < -0.3 is 61.7 Å². The van der Waals surface area contributed by atoms with Crippen molar-refractivity contribution in [1.29, 1.82) is 0 Å². The maximum atomic E-state index is 12.1. The molecule has 1 fully saturated rings. The second-order valence-corrected chi connectivity index (χ2v) is 12.4. The average Bonchev–Trinajstić information content (AvgIpc) is 3.56. The molecule has 2 amide bonds. The third-order valence-electron chi connectivity index (χ3n) is 7.80. The lowest BCUT2D eigenvalue weighted by Gasteiger charge is -2.12. The minimum Gasteiger partial charge on any atom is -0.379 e. The monoisotopic (exact) mass is 845 g/mol. The summed E-state index contributed by atoms with van der Waals surface area (Å²) < 4.78 is 65.4. The van der Waals surface area contributed by atoms with Crippen LogP contribution in [-0.4, -0.2) is 193 Å². The van der Waals surface area contributed by atoms with E-state index in [1.807, 2.05) is 0 Å². The van der Waals surface area contributed by atoms with Gasteiger partial charge in [0.15, 0.2) is 5.78 Å². The SMILES string of the molecule is O=Cc1ccc(C(=O)CCCOCCOCCOCCOCCOCCOCCOCCOCCOCCOCCOCCOCCC(=O)ON2C(=O)CCC2=O)cc1. The Hall–Kier alpha value is -3.31. The molecule has 1 aromatic rings. The molecule has 1 saturated heterocycles. The van der Waals surface area contributed by atoms with Gasteiger partial charge in [-0.3, -0.25) is 19.2 Å². The van der Waals surface area contributed by atoms with Crippen LogP contribution in [0.2, 0.25) is 0 Å². The highest BCUT2D eigenvalue weighted by atomic mass is 16.7. The van der Waals surface area contributed by atoms with Crippen LogP contribution in [0.25, 0.3) is 0 Å². The van der Waals surface area contributed by atoms with Crippen LogP contribution in [0.5, 0.6) is 0 Å². The third kappa shape index (κ3) is 29.5. The van der Waals surface area contributed by atoms with E-state index in [1.165, 1.54) is 0 Å². The van der Waals surface area contributed by atoms with E-state index < -0.39 is 17.8 Å². The highest BCUT2D eigenvalue weighted by molar-refractivity contribution is 6.01. The number of hydrogen-bond donors (Lipinski definition) is 0. The van der Waals surface area contributed by atoms with E-state index in [2.05, 4.69) is 0 Å². The van der Waals surface area contributed by atoms with Crippen LogP contribution in [0.4, 0.5) is 0 Å². The molecule has 1 heterocycles. The molecule has 1 aromatic carbocycles. The zero-order chi connectivity index (χ0) is 42.3. The van der Waals surface area contributed by atoms with Crippen molar-refractivity contribution in [2.24, 2.45) is 0 Å². The molecule has 0 spiro atoms. The van der Waals surface area contributed by atoms with Gasteiger partial charge in [0.05, 0.1) is 158 Å².